The zero-order chi connectivity index (χ0) is 23.3. The molecule has 1 N–H and O–H groups in total. The second-order valence-corrected chi connectivity index (χ2v) is 11.4. The van der Waals surface area contributed by atoms with E-state index in [0.717, 1.165) is 58.8 Å². The number of hydrogen-bond acceptors (Lipinski definition) is 6. The molecule has 9 heteroatoms. The van der Waals surface area contributed by atoms with Crippen LogP contribution in [-0.2, 0) is 10.0 Å². The first-order valence-corrected chi connectivity index (χ1v) is 12.7. The number of likely N-dealkylation sites (N-methyl/N-ethyl adjacent to an activating group) is 1. The van der Waals surface area contributed by atoms with Crippen LogP contribution < -0.4 is 5.43 Å². The zero-order valence-electron chi connectivity index (χ0n) is 19.1. The lowest BCUT2D eigenvalue weighted by molar-refractivity contribution is 0.309. The van der Waals surface area contributed by atoms with Crippen LogP contribution in [0.3, 0.4) is 0 Å². The van der Waals surface area contributed by atoms with E-state index in [1.165, 1.54) is 9.88 Å². The molecular weight excluding hydrogens is 441 g/mol. The summed E-state index contributed by atoms with van der Waals surface area (Å²) in [5, 5.41) is 4.64. The SMILES string of the molecule is CN1C=C2C(=C(C3=CCN(CCS(=O)(=O)N(C)C)CC3)C1)NN=C1C=Cc3cc(F)cc2c31. The Labute approximate surface area is 194 Å². The Morgan fingerprint density at radius 2 is 2.06 bits per heavy atom. The van der Waals surface area contributed by atoms with Gasteiger partial charge in [0.1, 0.15) is 5.82 Å². The molecule has 0 spiro atoms. The van der Waals surface area contributed by atoms with Gasteiger partial charge in [0.25, 0.3) is 0 Å². The van der Waals surface area contributed by atoms with Crippen molar-refractivity contribution in [2.24, 2.45) is 5.10 Å². The molecule has 0 bridgehead atoms. The number of halogens is 1. The smallest absolute Gasteiger partial charge is 0.214 e. The van der Waals surface area contributed by atoms with Crippen molar-refractivity contribution in [2.75, 3.05) is 53.1 Å². The number of benzene rings is 1. The number of fused-ring (bicyclic) bond motifs is 2. The molecule has 3 heterocycles. The average Bonchev–Trinajstić information content (AvgIpc) is 3.11. The van der Waals surface area contributed by atoms with Gasteiger partial charge in [-0.3, -0.25) is 10.3 Å². The van der Waals surface area contributed by atoms with Crippen molar-refractivity contribution in [3.63, 3.8) is 0 Å². The average molecular weight is 470 g/mol. The Balaban J connectivity index is 1.45. The van der Waals surface area contributed by atoms with Gasteiger partial charge < -0.3 is 4.90 Å². The topological polar surface area (TPSA) is 68.2 Å². The van der Waals surface area contributed by atoms with E-state index in [0.29, 0.717) is 13.1 Å². The predicted octanol–water partition coefficient (Wildman–Crippen LogP) is 2.22. The summed E-state index contributed by atoms with van der Waals surface area (Å²) in [5.74, 6) is -0.143. The lowest BCUT2D eigenvalue weighted by atomic mass is 9.88. The van der Waals surface area contributed by atoms with Gasteiger partial charge in [0.2, 0.25) is 10.0 Å². The maximum Gasteiger partial charge on any atom is 0.214 e. The molecule has 1 aliphatic carbocycles. The molecule has 0 radical (unpaired) electrons. The second-order valence-electron chi connectivity index (χ2n) is 9.05. The van der Waals surface area contributed by atoms with Gasteiger partial charge in [0, 0.05) is 70.2 Å². The van der Waals surface area contributed by atoms with Crippen LogP contribution in [0.5, 0.6) is 0 Å². The fourth-order valence-electron chi connectivity index (χ4n) is 4.75. The highest BCUT2D eigenvalue weighted by atomic mass is 32.2. The van der Waals surface area contributed by atoms with E-state index in [1.807, 2.05) is 19.2 Å². The van der Waals surface area contributed by atoms with Crippen LogP contribution in [0.2, 0.25) is 0 Å². The van der Waals surface area contributed by atoms with E-state index in [-0.39, 0.29) is 11.6 Å². The Bertz CT molecular complexity index is 1270. The zero-order valence-corrected chi connectivity index (χ0v) is 19.9. The molecule has 0 saturated heterocycles. The summed E-state index contributed by atoms with van der Waals surface area (Å²) in [4.78, 5) is 4.29. The Morgan fingerprint density at radius 3 is 2.79 bits per heavy atom. The number of nitrogens with zero attached hydrogens (tertiary/aromatic N) is 4. The number of rotatable bonds is 5. The summed E-state index contributed by atoms with van der Waals surface area (Å²) in [6.07, 6.45) is 8.88. The highest BCUT2D eigenvalue weighted by Gasteiger charge is 2.30. The normalized spacial score (nSPS) is 20.2. The third kappa shape index (κ3) is 4.05. The van der Waals surface area contributed by atoms with Crippen LogP contribution in [0.4, 0.5) is 4.39 Å². The van der Waals surface area contributed by atoms with Gasteiger partial charge in [0.05, 0.1) is 17.2 Å². The van der Waals surface area contributed by atoms with E-state index in [1.54, 1.807) is 26.2 Å². The van der Waals surface area contributed by atoms with E-state index in [2.05, 4.69) is 32.6 Å². The fraction of sp³-hybridized carbons (Fsp3) is 0.375. The van der Waals surface area contributed by atoms with E-state index in [4.69, 9.17) is 0 Å². The summed E-state index contributed by atoms with van der Waals surface area (Å²) in [7, 11) is 1.95. The lowest BCUT2D eigenvalue weighted by Gasteiger charge is -2.32. The van der Waals surface area contributed by atoms with E-state index < -0.39 is 10.0 Å². The molecule has 0 aromatic heterocycles. The van der Waals surface area contributed by atoms with Crippen LogP contribution >= 0.6 is 0 Å². The molecule has 0 fully saturated rings. The summed E-state index contributed by atoms with van der Waals surface area (Å²) in [6, 6.07) is 3.15. The first-order valence-electron chi connectivity index (χ1n) is 11.1. The number of hydrazone groups is 1. The minimum absolute atomic E-state index is 0.115. The van der Waals surface area contributed by atoms with Crippen LogP contribution in [-0.4, -0.2) is 81.3 Å². The monoisotopic (exact) mass is 469 g/mol. The Morgan fingerprint density at radius 1 is 1.24 bits per heavy atom. The maximum absolute atomic E-state index is 14.4. The highest BCUT2D eigenvalue weighted by Crippen LogP contribution is 2.39. The first kappa shape index (κ1) is 22.1. The third-order valence-electron chi connectivity index (χ3n) is 6.62. The van der Waals surface area contributed by atoms with Gasteiger partial charge in [-0.15, -0.1) is 0 Å². The molecule has 4 aliphatic rings. The number of sulfonamides is 1. The van der Waals surface area contributed by atoms with Crippen LogP contribution in [0.1, 0.15) is 23.1 Å². The van der Waals surface area contributed by atoms with Crippen molar-refractivity contribution in [1.29, 1.82) is 0 Å². The van der Waals surface area contributed by atoms with Crippen molar-refractivity contribution in [2.45, 2.75) is 6.42 Å². The van der Waals surface area contributed by atoms with Crippen LogP contribution in [0.25, 0.3) is 11.6 Å². The molecule has 33 heavy (non-hydrogen) atoms. The minimum Gasteiger partial charge on any atom is -0.375 e. The van der Waals surface area contributed by atoms with Crippen molar-refractivity contribution >= 4 is 27.4 Å². The number of allylic oxidation sites excluding steroid dienone is 2. The minimum atomic E-state index is -3.21. The summed E-state index contributed by atoms with van der Waals surface area (Å²) < 4.78 is 39.9. The van der Waals surface area contributed by atoms with E-state index in [9.17, 15) is 12.8 Å². The molecule has 174 valence electrons. The van der Waals surface area contributed by atoms with Crippen molar-refractivity contribution in [1.82, 2.24) is 19.5 Å². The largest absolute Gasteiger partial charge is 0.375 e. The number of hydrogen-bond donors (Lipinski definition) is 1. The van der Waals surface area contributed by atoms with Gasteiger partial charge in [-0.05, 0) is 41.3 Å². The molecule has 5 rings (SSSR count). The van der Waals surface area contributed by atoms with Gasteiger partial charge >= 0.3 is 0 Å². The Kier molecular flexibility index (Phi) is 5.50. The molecule has 0 saturated carbocycles. The summed E-state index contributed by atoms with van der Waals surface area (Å²) in [5.41, 5.74) is 11.0. The molecule has 0 amide bonds. The maximum atomic E-state index is 14.4. The van der Waals surface area contributed by atoms with Gasteiger partial charge in [-0.1, -0.05) is 12.2 Å². The van der Waals surface area contributed by atoms with Crippen molar-refractivity contribution < 1.29 is 12.8 Å². The highest BCUT2D eigenvalue weighted by molar-refractivity contribution is 7.89. The molecule has 1 aromatic carbocycles. The van der Waals surface area contributed by atoms with Gasteiger partial charge in [0.15, 0.2) is 0 Å². The molecule has 7 nitrogen and oxygen atoms in total. The number of nitrogens with one attached hydrogen (secondary N) is 1. The standard InChI is InChI=1S/C24H28FN5O2S/c1-28(2)33(31,32)11-10-30-8-6-16(7-9-30)20-14-29(3)15-21-19-13-18(25)12-17-4-5-22(23(17)19)26-27-24(20)21/h4-6,12-13,15,27H,7-11,14H2,1-3H3. The van der Waals surface area contributed by atoms with Crippen LogP contribution in [0, 0.1) is 5.82 Å². The fourth-order valence-corrected chi connectivity index (χ4v) is 5.60. The lowest BCUT2D eigenvalue weighted by Crippen LogP contribution is -2.37. The predicted molar refractivity (Wildman–Crippen MR) is 129 cm³/mol. The molecule has 1 aromatic rings. The van der Waals surface area contributed by atoms with Gasteiger partial charge in [-0.25, -0.2) is 17.1 Å². The van der Waals surface area contributed by atoms with Gasteiger partial charge in [-0.2, -0.15) is 5.10 Å². The summed E-state index contributed by atoms with van der Waals surface area (Å²) >= 11 is 0. The van der Waals surface area contributed by atoms with Crippen molar-refractivity contribution in [3.8, 4) is 0 Å². The second kappa shape index (κ2) is 8.23. The molecule has 0 atom stereocenters. The summed E-state index contributed by atoms with van der Waals surface area (Å²) in [6.45, 7) is 2.73. The van der Waals surface area contributed by atoms with Crippen LogP contribution in [0.15, 0.2) is 52.4 Å². The van der Waals surface area contributed by atoms with Crippen molar-refractivity contribution in [3.05, 3.63) is 69.8 Å². The molecular formula is C24H28FN5O2S. The first-order chi connectivity index (χ1) is 15.7. The van der Waals surface area contributed by atoms with E-state index >= 15 is 0 Å². The third-order valence-corrected chi connectivity index (χ3v) is 8.43. The molecule has 0 unspecified atom stereocenters. The molecule has 3 aliphatic heterocycles. The Hall–Kier alpha value is -2.75. The quantitative estimate of drug-likeness (QED) is 0.716.